The summed E-state index contributed by atoms with van der Waals surface area (Å²) in [4.78, 5) is 42.0. The Morgan fingerprint density at radius 1 is 1.12 bits per heavy atom. The Bertz CT molecular complexity index is 1110. The number of aliphatic hydroxyl groups is 1. The molecule has 0 spiro atoms. The number of hydrogen-bond donors (Lipinski definition) is 2. The molecule has 1 saturated carbocycles. The Morgan fingerprint density at radius 2 is 1.88 bits per heavy atom. The van der Waals surface area contributed by atoms with Crippen LogP contribution in [0.3, 0.4) is 0 Å². The maximum atomic E-state index is 13.5. The average molecular weight is 450 g/mol. The molecule has 5 rings (SSSR count). The monoisotopic (exact) mass is 449 g/mol. The first-order valence-corrected chi connectivity index (χ1v) is 12.0. The molecule has 1 aromatic heterocycles. The highest BCUT2D eigenvalue weighted by atomic mass is 16.3. The van der Waals surface area contributed by atoms with Gasteiger partial charge in [0, 0.05) is 43.3 Å². The Labute approximate surface area is 193 Å². The van der Waals surface area contributed by atoms with Crippen molar-refractivity contribution in [2.24, 2.45) is 17.8 Å². The molecule has 2 fully saturated rings. The van der Waals surface area contributed by atoms with Gasteiger partial charge in [-0.15, -0.1) is 0 Å². The Balaban J connectivity index is 1.60. The van der Waals surface area contributed by atoms with Crippen LogP contribution in [0.25, 0.3) is 11.1 Å². The predicted octanol–water partition coefficient (Wildman–Crippen LogP) is 2.33. The SMILES string of the molecule is CCCNC(=O)[C@H]1[C@H](CO)[C@H]2Cn3c(ccc(-c4ccccc4)c3=O)[C@@H]1N2C(=O)CC1CC1. The zero-order chi connectivity index (χ0) is 23.1. The summed E-state index contributed by atoms with van der Waals surface area (Å²) in [6, 6.07) is 12.3. The minimum Gasteiger partial charge on any atom is -0.396 e. The molecule has 3 heterocycles. The van der Waals surface area contributed by atoms with Gasteiger partial charge < -0.3 is 19.9 Å². The lowest BCUT2D eigenvalue weighted by atomic mass is 9.86. The summed E-state index contributed by atoms with van der Waals surface area (Å²) in [6.07, 6.45) is 3.41. The van der Waals surface area contributed by atoms with Gasteiger partial charge in [-0.05, 0) is 42.9 Å². The molecule has 2 N–H and O–H groups in total. The molecule has 2 aromatic rings. The van der Waals surface area contributed by atoms with Gasteiger partial charge in [-0.25, -0.2) is 0 Å². The lowest BCUT2D eigenvalue weighted by Gasteiger charge is -2.38. The molecule has 1 saturated heterocycles. The summed E-state index contributed by atoms with van der Waals surface area (Å²) in [5, 5.41) is 13.3. The highest BCUT2D eigenvalue weighted by molar-refractivity contribution is 5.84. The molecule has 4 atom stereocenters. The summed E-state index contributed by atoms with van der Waals surface area (Å²) in [6.45, 7) is 2.63. The van der Waals surface area contributed by atoms with Crippen LogP contribution >= 0.6 is 0 Å². The van der Waals surface area contributed by atoms with E-state index >= 15 is 0 Å². The van der Waals surface area contributed by atoms with E-state index in [1.165, 1.54) is 0 Å². The van der Waals surface area contributed by atoms with Crippen LogP contribution in [-0.4, -0.2) is 45.6 Å². The van der Waals surface area contributed by atoms with E-state index in [9.17, 15) is 19.5 Å². The number of aliphatic hydroxyl groups excluding tert-OH is 1. The number of pyridine rings is 1. The Kier molecular flexibility index (Phi) is 5.83. The second kappa shape index (κ2) is 8.78. The van der Waals surface area contributed by atoms with Crippen molar-refractivity contribution in [3.05, 3.63) is 58.5 Å². The minimum atomic E-state index is -0.578. The number of carbonyl (C=O) groups is 2. The number of fused-ring (bicyclic) bond motifs is 4. The van der Waals surface area contributed by atoms with Crippen molar-refractivity contribution in [2.45, 2.75) is 51.2 Å². The van der Waals surface area contributed by atoms with Gasteiger partial charge >= 0.3 is 0 Å². The Morgan fingerprint density at radius 3 is 2.55 bits per heavy atom. The van der Waals surface area contributed by atoms with Crippen molar-refractivity contribution in [1.29, 1.82) is 0 Å². The maximum Gasteiger partial charge on any atom is 0.258 e. The molecule has 2 aliphatic heterocycles. The van der Waals surface area contributed by atoms with E-state index < -0.39 is 17.9 Å². The molecular formula is C26H31N3O4. The van der Waals surface area contributed by atoms with E-state index in [1.54, 1.807) is 10.6 Å². The molecule has 3 aliphatic rings. The van der Waals surface area contributed by atoms with Crippen molar-refractivity contribution in [2.75, 3.05) is 13.2 Å². The van der Waals surface area contributed by atoms with Crippen molar-refractivity contribution < 1.29 is 14.7 Å². The lowest BCUT2D eigenvalue weighted by Crippen LogP contribution is -2.49. The van der Waals surface area contributed by atoms with Gasteiger partial charge in [-0.3, -0.25) is 14.4 Å². The first-order chi connectivity index (χ1) is 16.0. The van der Waals surface area contributed by atoms with Crippen molar-refractivity contribution in [3.63, 3.8) is 0 Å². The zero-order valence-corrected chi connectivity index (χ0v) is 18.9. The van der Waals surface area contributed by atoms with Crippen LogP contribution in [0.2, 0.25) is 0 Å². The minimum absolute atomic E-state index is 0.0302. The fourth-order valence-electron chi connectivity index (χ4n) is 5.63. The molecule has 1 aliphatic carbocycles. The molecule has 33 heavy (non-hydrogen) atoms. The van der Waals surface area contributed by atoms with Gasteiger partial charge in [0.05, 0.1) is 18.0 Å². The van der Waals surface area contributed by atoms with Crippen LogP contribution in [0.1, 0.15) is 44.3 Å². The van der Waals surface area contributed by atoms with E-state index in [4.69, 9.17) is 0 Å². The number of aromatic nitrogens is 1. The van der Waals surface area contributed by atoms with E-state index in [1.807, 2.05) is 48.2 Å². The van der Waals surface area contributed by atoms with Gasteiger partial charge in [-0.2, -0.15) is 0 Å². The molecular weight excluding hydrogens is 418 g/mol. The summed E-state index contributed by atoms with van der Waals surface area (Å²) >= 11 is 0. The number of amides is 2. The highest BCUT2D eigenvalue weighted by Crippen LogP contribution is 2.49. The van der Waals surface area contributed by atoms with Crippen LogP contribution in [0, 0.1) is 17.8 Å². The molecule has 1 aromatic carbocycles. The van der Waals surface area contributed by atoms with Gasteiger partial charge in [-0.1, -0.05) is 37.3 Å². The van der Waals surface area contributed by atoms with E-state index in [0.717, 1.165) is 24.8 Å². The third kappa shape index (κ3) is 3.78. The number of nitrogens with zero attached hydrogens (tertiary/aromatic N) is 2. The third-order valence-electron chi connectivity index (χ3n) is 7.43. The first kappa shape index (κ1) is 21.9. The van der Waals surface area contributed by atoms with Gasteiger partial charge in [0.2, 0.25) is 11.8 Å². The number of carbonyl (C=O) groups excluding carboxylic acids is 2. The van der Waals surface area contributed by atoms with Crippen LogP contribution in [0.15, 0.2) is 47.3 Å². The number of benzene rings is 1. The average Bonchev–Trinajstić information content (AvgIpc) is 3.61. The van der Waals surface area contributed by atoms with Crippen LogP contribution < -0.4 is 10.9 Å². The first-order valence-electron chi connectivity index (χ1n) is 12.0. The van der Waals surface area contributed by atoms with E-state index in [0.29, 0.717) is 36.7 Å². The summed E-state index contributed by atoms with van der Waals surface area (Å²) in [7, 11) is 0. The standard InChI is InChI=1S/C26H31N3O4/c1-2-12-27-25(32)23-19(15-30)21-14-28-20(24(23)29(21)22(31)13-16-8-9-16)11-10-18(26(28)33)17-6-4-3-5-7-17/h3-7,10-11,16,19,21,23-24,30H,2,8-9,12-15H2,1H3,(H,27,32)/t19-,21-,23+,24+/m1/s1. The molecule has 2 bridgehead atoms. The summed E-state index contributed by atoms with van der Waals surface area (Å²) < 4.78 is 1.73. The summed E-state index contributed by atoms with van der Waals surface area (Å²) in [5.41, 5.74) is 2.01. The number of rotatable bonds is 7. The normalized spacial score (nSPS) is 25.6. The smallest absolute Gasteiger partial charge is 0.258 e. The second-order valence-corrected chi connectivity index (χ2v) is 9.58. The summed E-state index contributed by atoms with van der Waals surface area (Å²) in [5.74, 6) is -0.690. The second-order valence-electron chi connectivity index (χ2n) is 9.58. The van der Waals surface area contributed by atoms with Crippen LogP contribution in [0.4, 0.5) is 0 Å². The fourth-order valence-corrected chi connectivity index (χ4v) is 5.63. The van der Waals surface area contributed by atoms with Crippen molar-refractivity contribution in [1.82, 2.24) is 14.8 Å². The molecule has 7 nitrogen and oxygen atoms in total. The highest BCUT2D eigenvalue weighted by Gasteiger charge is 2.57. The van der Waals surface area contributed by atoms with Crippen LogP contribution in [-0.2, 0) is 16.1 Å². The van der Waals surface area contributed by atoms with Crippen LogP contribution in [0.5, 0.6) is 0 Å². The Hall–Kier alpha value is -2.93. The van der Waals surface area contributed by atoms with E-state index in [-0.39, 0.29) is 30.0 Å². The molecule has 2 amide bonds. The molecule has 0 unspecified atom stereocenters. The molecule has 174 valence electrons. The number of hydrogen-bond acceptors (Lipinski definition) is 4. The fraction of sp³-hybridized carbons (Fsp3) is 0.500. The maximum absolute atomic E-state index is 13.5. The number of nitrogens with one attached hydrogen (secondary N) is 1. The topological polar surface area (TPSA) is 91.6 Å². The van der Waals surface area contributed by atoms with Crippen molar-refractivity contribution >= 4 is 11.8 Å². The predicted molar refractivity (Wildman–Crippen MR) is 124 cm³/mol. The molecule has 7 heteroatoms. The largest absolute Gasteiger partial charge is 0.396 e. The third-order valence-corrected chi connectivity index (χ3v) is 7.43. The van der Waals surface area contributed by atoms with E-state index in [2.05, 4.69) is 5.32 Å². The van der Waals surface area contributed by atoms with Gasteiger partial charge in [0.15, 0.2) is 0 Å². The molecule has 0 radical (unpaired) electrons. The van der Waals surface area contributed by atoms with Gasteiger partial charge in [0.1, 0.15) is 0 Å². The van der Waals surface area contributed by atoms with Crippen molar-refractivity contribution in [3.8, 4) is 11.1 Å². The van der Waals surface area contributed by atoms with Gasteiger partial charge in [0.25, 0.3) is 5.56 Å². The zero-order valence-electron chi connectivity index (χ0n) is 18.9. The quantitative estimate of drug-likeness (QED) is 0.679. The lowest BCUT2D eigenvalue weighted by molar-refractivity contribution is -0.137.